The lowest BCUT2D eigenvalue weighted by atomic mass is 10.2. The van der Waals surface area contributed by atoms with Gasteiger partial charge in [-0.15, -0.1) is 0 Å². The quantitative estimate of drug-likeness (QED) is 0.652. The maximum absolute atomic E-state index is 12.0. The second-order valence-electron chi connectivity index (χ2n) is 4.39. The minimum absolute atomic E-state index is 0.161. The van der Waals surface area contributed by atoms with E-state index in [0.717, 1.165) is 18.9 Å². The molecule has 0 aliphatic carbocycles. The highest BCUT2D eigenvalue weighted by atomic mass is 28.4. The lowest BCUT2D eigenvalue weighted by molar-refractivity contribution is -0.131. The minimum Gasteiger partial charge on any atom is -0.414 e. The van der Waals surface area contributed by atoms with Crippen LogP contribution in [0.25, 0.3) is 0 Å². The molecule has 84 valence electrons. The van der Waals surface area contributed by atoms with Gasteiger partial charge in [0.25, 0.3) is 0 Å². The number of hydrogen-bond acceptors (Lipinski definition) is 1. The Hall–Kier alpha value is -0.0331. The smallest absolute Gasteiger partial charge is 0.388 e. The predicted molar refractivity (Wildman–Crippen MR) is 51.7 cm³/mol. The van der Waals surface area contributed by atoms with E-state index in [1.54, 1.807) is 0 Å². The van der Waals surface area contributed by atoms with Crippen LogP contribution in [-0.2, 0) is 4.43 Å². The van der Waals surface area contributed by atoms with Crippen molar-refractivity contribution >= 4 is 8.32 Å². The zero-order valence-electron chi connectivity index (χ0n) is 8.66. The minimum atomic E-state index is -4.03. The fourth-order valence-corrected chi connectivity index (χ4v) is 5.30. The molecule has 0 aromatic carbocycles. The lowest BCUT2D eigenvalue weighted by Gasteiger charge is -2.35. The first kappa shape index (κ1) is 12.0. The van der Waals surface area contributed by atoms with E-state index >= 15 is 0 Å². The second kappa shape index (κ2) is 4.22. The molecular weight excluding hydrogens is 209 g/mol. The molecule has 5 heteroatoms. The van der Waals surface area contributed by atoms with Crippen LogP contribution >= 0.6 is 0 Å². The molecule has 1 aliphatic heterocycles. The second-order valence-corrected chi connectivity index (χ2v) is 8.52. The van der Waals surface area contributed by atoms with Crippen LogP contribution in [0.15, 0.2) is 0 Å². The van der Waals surface area contributed by atoms with Crippen molar-refractivity contribution in [3.8, 4) is 0 Å². The summed E-state index contributed by atoms with van der Waals surface area (Å²) in [6, 6.07) is 1.11. The standard InChI is InChI=1S/C9H17F3OSi/c1-8-4-3-6-14(2,13-8)7-5-9(10,11)12/h8H,3-7H2,1-2H3. The van der Waals surface area contributed by atoms with Crippen molar-refractivity contribution in [1.29, 1.82) is 0 Å². The summed E-state index contributed by atoms with van der Waals surface area (Å²) >= 11 is 0. The van der Waals surface area contributed by atoms with Gasteiger partial charge in [-0.3, -0.25) is 0 Å². The summed E-state index contributed by atoms with van der Waals surface area (Å²) in [5.74, 6) is 0. The largest absolute Gasteiger partial charge is 0.414 e. The fourth-order valence-electron chi connectivity index (χ4n) is 1.96. The number of alkyl halides is 3. The molecule has 1 saturated heterocycles. The molecule has 1 aliphatic rings. The average Bonchev–Trinajstić information content (AvgIpc) is 1.99. The van der Waals surface area contributed by atoms with Crippen LogP contribution in [0.3, 0.4) is 0 Å². The van der Waals surface area contributed by atoms with Crippen molar-refractivity contribution in [2.45, 2.75) is 57.1 Å². The van der Waals surface area contributed by atoms with Gasteiger partial charge in [0.05, 0.1) is 0 Å². The van der Waals surface area contributed by atoms with Crippen LogP contribution < -0.4 is 0 Å². The van der Waals surface area contributed by atoms with Gasteiger partial charge >= 0.3 is 6.18 Å². The Bertz CT molecular complexity index is 195. The van der Waals surface area contributed by atoms with Crippen LogP contribution in [0.5, 0.6) is 0 Å². The van der Waals surface area contributed by atoms with Crippen molar-refractivity contribution in [2.75, 3.05) is 0 Å². The maximum atomic E-state index is 12.0. The predicted octanol–water partition coefficient (Wildman–Crippen LogP) is 3.71. The van der Waals surface area contributed by atoms with E-state index in [1.165, 1.54) is 0 Å². The lowest BCUT2D eigenvalue weighted by Crippen LogP contribution is -2.42. The zero-order chi connectivity index (χ0) is 10.8. The van der Waals surface area contributed by atoms with Gasteiger partial charge in [0, 0.05) is 12.5 Å². The van der Waals surface area contributed by atoms with E-state index in [9.17, 15) is 13.2 Å². The molecule has 14 heavy (non-hydrogen) atoms. The van der Waals surface area contributed by atoms with E-state index in [4.69, 9.17) is 4.43 Å². The van der Waals surface area contributed by atoms with E-state index in [0.29, 0.717) is 0 Å². The number of rotatable bonds is 2. The molecule has 1 rings (SSSR count). The molecule has 2 atom stereocenters. The Labute approximate surface area is 83.8 Å². The van der Waals surface area contributed by atoms with Crippen molar-refractivity contribution in [1.82, 2.24) is 0 Å². The summed E-state index contributed by atoms with van der Waals surface area (Å²) in [5, 5.41) is 0. The molecule has 1 nitrogen and oxygen atoms in total. The van der Waals surface area contributed by atoms with Crippen LogP contribution in [-0.4, -0.2) is 20.6 Å². The van der Waals surface area contributed by atoms with Crippen LogP contribution in [0, 0.1) is 0 Å². The molecule has 0 N–H and O–H groups in total. The van der Waals surface area contributed by atoms with Gasteiger partial charge in [-0.05, 0) is 32.0 Å². The molecule has 0 aromatic heterocycles. The third-order valence-corrected chi connectivity index (χ3v) is 6.43. The van der Waals surface area contributed by atoms with Gasteiger partial charge < -0.3 is 4.43 Å². The van der Waals surface area contributed by atoms with Gasteiger partial charge in [0.15, 0.2) is 8.32 Å². The SMILES string of the molecule is CC1CCC[Si](C)(CCC(F)(F)F)O1. The summed E-state index contributed by atoms with van der Waals surface area (Å²) in [7, 11) is -2.03. The van der Waals surface area contributed by atoms with E-state index in [1.807, 2.05) is 13.5 Å². The zero-order valence-corrected chi connectivity index (χ0v) is 9.66. The summed E-state index contributed by atoms with van der Waals surface area (Å²) in [6.45, 7) is 3.88. The van der Waals surface area contributed by atoms with E-state index in [-0.39, 0.29) is 12.1 Å². The van der Waals surface area contributed by atoms with Crippen LogP contribution in [0.1, 0.15) is 26.2 Å². The first-order valence-corrected chi connectivity index (χ1v) is 7.88. The van der Waals surface area contributed by atoms with Gasteiger partial charge in [-0.1, -0.05) is 6.42 Å². The van der Waals surface area contributed by atoms with Gasteiger partial charge in [0.1, 0.15) is 0 Å². The molecule has 1 heterocycles. The van der Waals surface area contributed by atoms with Gasteiger partial charge in [0.2, 0.25) is 0 Å². The first-order valence-electron chi connectivity index (χ1n) is 5.05. The molecule has 0 aromatic rings. The highest BCUT2D eigenvalue weighted by molar-refractivity contribution is 6.72. The van der Waals surface area contributed by atoms with Gasteiger partial charge in [-0.25, -0.2) is 0 Å². The molecule has 0 amide bonds. The monoisotopic (exact) mass is 226 g/mol. The third-order valence-electron chi connectivity index (χ3n) is 2.74. The number of hydrogen-bond donors (Lipinski definition) is 0. The molecular formula is C9H17F3OSi. The average molecular weight is 226 g/mol. The molecule has 0 radical (unpaired) electrons. The Morgan fingerprint density at radius 2 is 2.07 bits per heavy atom. The Kier molecular flexibility index (Phi) is 3.63. The summed E-state index contributed by atoms with van der Waals surface area (Å²) in [5.41, 5.74) is 0. The maximum Gasteiger partial charge on any atom is 0.388 e. The van der Waals surface area contributed by atoms with Crippen molar-refractivity contribution in [3.05, 3.63) is 0 Å². The molecule has 0 spiro atoms. The first-order chi connectivity index (χ1) is 6.31. The Morgan fingerprint density at radius 1 is 1.43 bits per heavy atom. The van der Waals surface area contributed by atoms with Crippen LogP contribution in [0.4, 0.5) is 13.2 Å². The van der Waals surface area contributed by atoms with Crippen molar-refractivity contribution in [3.63, 3.8) is 0 Å². The van der Waals surface area contributed by atoms with Gasteiger partial charge in [-0.2, -0.15) is 13.2 Å². The molecule has 2 unspecified atom stereocenters. The molecule has 0 bridgehead atoms. The fraction of sp³-hybridized carbons (Fsp3) is 1.00. The molecule has 1 fully saturated rings. The molecule has 0 saturated carbocycles. The summed E-state index contributed by atoms with van der Waals surface area (Å²) < 4.78 is 41.8. The topological polar surface area (TPSA) is 9.23 Å². The normalized spacial score (nSPS) is 34.5. The van der Waals surface area contributed by atoms with Crippen molar-refractivity contribution in [2.24, 2.45) is 0 Å². The van der Waals surface area contributed by atoms with Crippen LogP contribution in [0.2, 0.25) is 18.6 Å². The highest BCUT2D eigenvalue weighted by Gasteiger charge is 2.38. The number of halogens is 3. The van der Waals surface area contributed by atoms with Crippen molar-refractivity contribution < 1.29 is 17.6 Å². The summed E-state index contributed by atoms with van der Waals surface area (Å²) in [4.78, 5) is 0. The Morgan fingerprint density at radius 3 is 2.57 bits per heavy atom. The van der Waals surface area contributed by atoms with E-state index < -0.39 is 20.9 Å². The highest BCUT2D eigenvalue weighted by Crippen LogP contribution is 2.33. The Balaban J connectivity index is 2.41. The van der Waals surface area contributed by atoms with E-state index in [2.05, 4.69) is 0 Å². The summed E-state index contributed by atoms with van der Waals surface area (Å²) in [6.07, 6.45) is -2.52. The third kappa shape index (κ3) is 4.00.